The van der Waals surface area contributed by atoms with Crippen LogP contribution in [0.2, 0.25) is 0 Å². The Labute approximate surface area is 185 Å². The number of carbonyl (C=O) groups excluding carboxylic acids is 2. The van der Waals surface area contributed by atoms with Gasteiger partial charge in [-0.1, -0.05) is 0 Å². The van der Waals surface area contributed by atoms with Crippen molar-refractivity contribution in [3.05, 3.63) is 49.1 Å². The van der Waals surface area contributed by atoms with Gasteiger partial charge in [0.15, 0.2) is 0 Å². The monoisotopic (exact) mass is 436 g/mol. The minimum Gasteiger partial charge on any atom is -0.456 e. The van der Waals surface area contributed by atoms with Gasteiger partial charge in [-0.25, -0.2) is 9.78 Å². The summed E-state index contributed by atoms with van der Waals surface area (Å²) in [6.07, 6.45) is 9.72. The molecular weight excluding hydrogens is 412 g/mol. The summed E-state index contributed by atoms with van der Waals surface area (Å²) in [4.78, 5) is 33.2. The lowest BCUT2D eigenvalue weighted by Crippen LogP contribution is -2.49. The number of methoxy groups -OCH3 is 1. The number of hydrogen-bond acceptors (Lipinski definition) is 7. The molecule has 1 aliphatic carbocycles. The van der Waals surface area contributed by atoms with E-state index < -0.39 is 17.5 Å². The van der Waals surface area contributed by atoms with Gasteiger partial charge in [0.25, 0.3) is 5.91 Å². The molecule has 0 spiro atoms. The summed E-state index contributed by atoms with van der Waals surface area (Å²) in [5.74, 6) is 0.925. The number of aryl methyl sites for hydroxylation is 1. The number of amides is 3. The van der Waals surface area contributed by atoms with Crippen LogP contribution in [-0.4, -0.2) is 44.4 Å². The summed E-state index contributed by atoms with van der Waals surface area (Å²) >= 11 is 0. The molecule has 166 valence electrons. The Morgan fingerprint density at radius 2 is 1.91 bits per heavy atom. The first-order chi connectivity index (χ1) is 15.5. The Balaban J connectivity index is 1.35. The van der Waals surface area contributed by atoms with Crippen molar-refractivity contribution in [3.8, 4) is 22.8 Å². The fourth-order valence-corrected chi connectivity index (χ4v) is 3.67. The number of imide groups is 1. The van der Waals surface area contributed by atoms with Crippen molar-refractivity contribution in [2.75, 3.05) is 12.4 Å². The zero-order valence-electron chi connectivity index (χ0n) is 17.9. The van der Waals surface area contributed by atoms with Crippen LogP contribution in [0.5, 0.6) is 11.5 Å². The quantitative estimate of drug-likeness (QED) is 0.608. The van der Waals surface area contributed by atoms with Crippen molar-refractivity contribution < 1.29 is 19.1 Å². The summed E-state index contributed by atoms with van der Waals surface area (Å²) in [5.41, 5.74) is 0.685. The second-order valence-electron chi connectivity index (χ2n) is 7.57. The maximum absolute atomic E-state index is 12.4. The van der Waals surface area contributed by atoms with Crippen molar-refractivity contribution >= 4 is 17.8 Å². The molecule has 4 rings (SSSR count). The van der Waals surface area contributed by atoms with Crippen LogP contribution < -0.4 is 15.4 Å². The number of rotatable bonds is 6. The third kappa shape index (κ3) is 4.75. The topological polar surface area (TPSA) is 120 Å². The molecule has 0 aromatic carbocycles. The summed E-state index contributed by atoms with van der Waals surface area (Å²) in [7, 11) is 3.33. The van der Waals surface area contributed by atoms with Gasteiger partial charge in [0, 0.05) is 38.2 Å². The fourth-order valence-electron chi connectivity index (χ4n) is 3.67. The van der Waals surface area contributed by atoms with Crippen molar-refractivity contribution in [3.63, 3.8) is 0 Å². The first-order valence-corrected chi connectivity index (χ1v) is 10.2. The zero-order valence-corrected chi connectivity index (χ0v) is 17.9. The molecule has 3 aromatic heterocycles. The summed E-state index contributed by atoms with van der Waals surface area (Å²) in [5, 5.41) is 9.04. The number of aromatic nitrogens is 4. The van der Waals surface area contributed by atoms with Crippen molar-refractivity contribution in [1.82, 2.24) is 25.1 Å². The standard InChI is InChI=1S/C22H24N6O4/c1-28-14-15(12-25-28)18-11-16(7-10-23-18)32-17-5-6-19(24-13-17)26-21(30)27-20(29)22(31-2)8-3-4-9-22/h5-7,10-14H,3-4,8-9H2,1-2H3,(H2,24,26,27,29,30). The predicted octanol–water partition coefficient (Wildman–Crippen LogP) is 3.28. The summed E-state index contributed by atoms with van der Waals surface area (Å²) in [6.45, 7) is 0. The number of urea groups is 1. The Kier molecular flexibility index (Phi) is 6.13. The van der Waals surface area contributed by atoms with E-state index in [1.54, 1.807) is 41.3 Å². The summed E-state index contributed by atoms with van der Waals surface area (Å²) in [6, 6.07) is 6.14. The largest absolute Gasteiger partial charge is 0.456 e. The minimum atomic E-state index is -0.929. The molecule has 0 atom stereocenters. The van der Waals surface area contributed by atoms with Gasteiger partial charge in [0.2, 0.25) is 0 Å². The third-order valence-electron chi connectivity index (χ3n) is 5.39. The molecule has 1 fully saturated rings. The van der Waals surface area contributed by atoms with Crippen molar-refractivity contribution in [2.24, 2.45) is 7.05 Å². The fraction of sp³-hybridized carbons (Fsp3) is 0.318. The van der Waals surface area contributed by atoms with Crippen LogP contribution in [0.15, 0.2) is 49.1 Å². The first kappa shape index (κ1) is 21.4. The Hall–Kier alpha value is -3.79. The lowest BCUT2D eigenvalue weighted by Gasteiger charge is -2.25. The van der Waals surface area contributed by atoms with E-state index in [4.69, 9.17) is 9.47 Å². The van der Waals surface area contributed by atoms with E-state index in [2.05, 4.69) is 25.7 Å². The van der Waals surface area contributed by atoms with Crippen LogP contribution >= 0.6 is 0 Å². The minimum absolute atomic E-state index is 0.284. The first-order valence-electron chi connectivity index (χ1n) is 10.2. The van der Waals surface area contributed by atoms with Gasteiger partial charge in [0.1, 0.15) is 22.9 Å². The van der Waals surface area contributed by atoms with Gasteiger partial charge in [-0.15, -0.1) is 0 Å². The zero-order chi connectivity index (χ0) is 22.6. The second kappa shape index (κ2) is 9.15. The average molecular weight is 436 g/mol. The molecule has 0 unspecified atom stereocenters. The van der Waals surface area contributed by atoms with E-state index in [-0.39, 0.29) is 5.82 Å². The van der Waals surface area contributed by atoms with Gasteiger partial charge >= 0.3 is 6.03 Å². The molecular formula is C22H24N6O4. The number of hydrogen-bond donors (Lipinski definition) is 2. The SMILES string of the molecule is COC1(C(=O)NC(=O)Nc2ccc(Oc3ccnc(-c4cnn(C)c4)c3)cn2)CCCC1. The van der Waals surface area contributed by atoms with Crippen LogP contribution in [0.25, 0.3) is 11.3 Å². The predicted molar refractivity (Wildman–Crippen MR) is 116 cm³/mol. The molecule has 1 saturated carbocycles. The number of ether oxygens (including phenoxy) is 2. The molecule has 1 aliphatic rings. The Morgan fingerprint density at radius 1 is 1.09 bits per heavy atom. The number of nitrogens with zero attached hydrogens (tertiary/aromatic N) is 4. The van der Waals surface area contributed by atoms with E-state index in [0.717, 1.165) is 24.1 Å². The van der Waals surface area contributed by atoms with Crippen LogP contribution in [0, 0.1) is 0 Å². The number of carbonyl (C=O) groups is 2. The molecule has 0 radical (unpaired) electrons. The molecule has 0 saturated heterocycles. The van der Waals surface area contributed by atoms with E-state index >= 15 is 0 Å². The van der Waals surface area contributed by atoms with Crippen molar-refractivity contribution in [1.29, 1.82) is 0 Å². The smallest absolute Gasteiger partial charge is 0.327 e. The number of anilines is 1. The highest BCUT2D eigenvalue weighted by atomic mass is 16.5. The Morgan fingerprint density at radius 3 is 2.56 bits per heavy atom. The molecule has 10 heteroatoms. The molecule has 0 bridgehead atoms. The third-order valence-corrected chi connectivity index (χ3v) is 5.39. The Bertz CT molecular complexity index is 1110. The molecule has 3 aromatic rings. The van der Waals surface area contributed by atoms with Gasteiger partial charge < -0.3 is 9.47 Å². The lowest BCUT2D eigenvalue weighted by molar-refractivity contribution is -0.141. The normalized spacial score (nSPS) is 14.7. The van der Waals surface area contributed by atoms with Crippen molar-refractivity contribution in [2.45, 2.75) is 31.3 Å². The van der Waals surface area contributed by atoms with Gasteiger partial charge in [-0.3, -0.25) is 25.1 Å². The molecule has 10 nitrogen and oxygen atoms in total. The van der Waals surface area contributed by atoms with Crippen LogP contribution in [-0.2, 0) is 16.6 Å². The highest BCUT2D eigenvalue weighted by Gasteiger charge is 2.42. The average Bonchev–Trinajstić information content (AvgIpc) is 3.45. The molecule has 3 heterocycles. The molecule has 3 amide bonds. The van der Waals surface area contributed by atoms with E-state index in [1.807, 2.05) is 13.2 Å². The molecule has 0 aliphatic heterocycles. The van der Waals surface area contributed by atoms with E-state index in [9.17, 15) is 9.59 Å². The molecule has 32 heavy (non-hydrogen) atoms. The number of nitrogens with one attached hydrogen (secondary N) is 2. The highest BCUT2D eigenvalue weighted by molar-refractivity contribution is 6.03. The van der Waals surface area contributed by atoms with Gasteiger partial charge in [-0.2, -0.15) is 5.10 Å². The lowest BCUT2D eigenvalue weighted by atomic mass is 10.0. The van der Waals surface area contributed by atoms with Gasteiger partial charge in [0.05, 0.1) is 18.1 Å². The number of pyridine rings is 2. The van der Waals surface area contributed by atoms with E-state index in [1.165, 1.54) is 13.3 Å². The van der Waals surface area contributed by atoms with E-state index in [0.29, 0.717) is 24.3 Å². The molecule has 2 N–H and O–H groups in total. The second-order valence-corrected chi connectivity index (χ2v) is 7.57. The van der Waals surface area contributed by atoms with Crippen LogP contribution in [0.1, 0.15) is 25.7 Å². The summed E-state index contributed by atoms with van der Waals surface area (Å²) < 4.78 is 12.9. The van der Waals surface area contributed by atoms with Gasteiger partial charge in [-0.05, 0) is 43.9 Å². The maximum atomic E-state index is 12.4. The highest BCUT2D eigenvalue weighted by Crippen LogP contribution is 2.32. The van der Waals surface area contributed by atoms with Crippen LogP contribution in [0.3, 0.4) is 0 Å². The maximum Gasteiger partial charge on any atom is 0.327 e. The van der Waals surface area contributed by atoms with Crippen LogP contribution in [0.4, 0.5) is 10.6 Å².